The van der Waals surface area contributed by atoms with Crippen LogP contribution >= 0.6 is 0 Å². The minimum absolute atomic E-state index is 0.175. The van der Waals surface area contributed by atoms with Crippen LogP contribution in [0.15, 0.2) is 34.9 Å². The van der Waals surface area contributed by atoms with Gasteiger partial charge in [0, 0.05) is 36.4 Å². The van der Waals surface area contributed by atoms with Gasteiger partial charge in [-0.05, 0) is 24.6 Å². The van der Waals surface area contributed by atoms with Gasteiger partial charge in [-0.1, -0.05) is 38.1 Å². The number of carbonyl (C=O) groups is 3. The number of nitrogens with zero attached hydrogens (tertiary/aromatic N) is 3. The van der Waals surface area contributed by atoms with E-state index < -0.39 is 12.1 Å². The summed E-state index contributed by atoms with van der Waals surface area (Å²) >= 11 is 0. The highest BCUT2D eigenvalue weighted by atomic mass is 16.5. The third-order valence-corrected chi connectivity index (χ3v) is 5.36. The molecular formula is C23H26N6O4. The molecule has 1 aliphatic rings. The number of nitrogens with one attached hydrogen (secondary N) is 3. The van der Waals surface area contributed by atoms with Gasteiger partial charge in [0.25, 0.3) is 0 Å². The number of aryl methyl sites for hydroxylation is 1. The Hall–Kier alpha value is -3.95. The van der Waals surface area contributed by atoms with Crippen LogP contribution in [0.4, 0.5) is 21.2 Å². The molecule has 3 heterocycles. The van der Waals surface area contributed by atoms with Gasteiger partial charge in [0.05, 0.1) is 22.6 Å². The van der Waals surface area contributed by atoms with Crippen molar-refractivity contribution in [2.24, 2.45) is 0 Å². The standard InChI is InChI=1S/C23H26N6O4/c1-13-17(29-8-7-19(30)26-22(29)32)10-15-6-5-14(9-16(15)25-13)12-24-21(31)27-20-11-18(28-33-20)23(2,3)4/h5-6,9-11H,7-8,12H2,1-4H3,(H2,24,27,31)(H,26,30,32). The first kappa shape index (κ1) is 22.3. The number of rotatable bonds is 4. The van der Waals surface area contributed by atoms with Gasteiger partial charge in [-0.3, -0.25) is 25.3 Å². The lowest BCUT2D eigenvalue weighted by molar-refractivity contribution is -0.120. The Labute approximate surface area is 190 Å². The van der Waals surface area contributed by atoms with Gasteiger partial charge in [0.1, 0.15) is 0 Å². The third-order valence-electron chi connectivity index (χ3n) is 5.36. The zero-order valence-electron chi connectivity index (χ0n) is 19.0. The van der Waals surface area contributed by atoms with Gasteiger partial charge in [-0.15, -0.1) is 0 Å². The Balaban J connectivity index is 1.43. The largest absolute Gasteiger partial charge is 0.338 e. The first-order chi connectivity index (χ1) is 15.6. The van der Waals surface area contributed by atoms with E-state index in [4.69, 9.17) is 4.52 Å². The van der Waals surface area contributed by atoms with Crippen LogP contribution in [0.25, 0.3) is 10.9 Å². The minimum Gasteiger partial charge on any atom is -0.338 e. The fraction of sp³-hybridized carbons (Fsp3) is 0.348. The van der Waals surface area contributed by atoms with E-state index >= 15 is 0 Å². The highest BCUT2D eigenvalue weighted by molar-refractivity contribution is 6.06. The van der Waals surface area contributed by atoms with Crippen LogP contribution in [0, 0.1) is 6.92 Å². The molecule has 0 radical (unpaired) electrons. The summed E-state index contributed by atoms with van der Waals surface area (Å²) in [4.78, 5) is 42.0. The molecule has 172 valence electrons. The highest BCUT2D eigenvalue weighted by Gasteiger charge is 2.26. The number of pyridine rings is 1. The van der Waals surface area contributed by atoms with Crippen LogP contribution in [-0.2, 0) is 16.8 Å². The van der Waals surface area contributed by atoms with Gasteiger partial charge in [-0.2, -0.15) is 0 Å². The number of hydrogen-bond acceptors (Lipinski definition) is 6. The summed E-state index contributed by atoms with van der Waals surface area (Å²) in [6.07, 6.45) is 0.251. The lowest BCUT2D eigenvalue weighted by Crippen LogP contribution is -2.49. The molecule has 3 N–H and O–H groups in total. The average Bonchev–Trinajstić information content (AvgIpc) is 3.21. The second-order valence-electron chi connectivity index (χ2n) is 9.01. The molecule has 5 amide bonds. The Morgan fingerprint density at radius 1 is 1.21 bits per heavy atom. The lowest BCUT2D eigenvalue weighted by Gasteiger charge is -2.27. The molecule has 1 fully saturated rings. The van der Waals surface area contributed by atoms with E-state index in [1.807, 2.05) is 52.0 Å². The monoisotopic (exact) mass is 450 g/mol. The molecule has 0 aliphatic carbocycles. The Morgan fingerprint density at radius 3 is 2.70 bits per heavy atom. The van der Waals surface area contributed by atoms with Crippen LogP contribution in [0.2, 0.25) is 0 Å². The average molecular weight is 450 g/mol. The van der Waals surface area contributed by atoms with E-state index in [-0.39, 0.29) is 23.6 Å². The van der Waals surface area contributed by atoms with Gasteiger partial charge in [0.2, 0.25) is 11.8 Å². The predicted molar refractivity (Wildman–Crippen MR) is 123 cm³/mol. The van der Waals surface area contributed by atoms with E-state index in [2.05, 4.69) is 26.1 Å². The van der Waals surface area contributed by atoms with Crippen LogP contribution in [0.1, 0.15) is 44.1 Å². The molecule has 0 spiro atoms. The van der Waals surface area contributed by atoms with Crippen molar-refractivity contribution in [2.45, 2.75) is 46.1 Å². The second-order valence-corrected chi connectivity index (χ2v) is 9.01. The number of urea groups is 2. The molecule has 0 unspecified atom stereocenters. The minimum atomic E-state index is -0.441. The van der Waals surface area contributed by atoms with Gasteiger partial charge in [0.15, 0.2) is 0 Å². The summed E-state index contributed by atoms with van der Waals surface area (Å²) in [7, 11) is 0. The number of hydrogen-bond donors (Lipinski definition) is 3. The van der Waals surface area contributed by atoms with Crippen LogP contribution in [0.3, 0.4) is 0 Å². The Morgan fingerprint density at radius 2 is 2.00 bits per heavy atom. The highest BCUT2D eigenvalue weighted by Crippen LogP contribution is 2.26. The molecule has 1 aliphatic heterocycles. The SMILES string of the molecule is Cc1nc2cc(CNC(=O)Nc3cc(C(C)(C)C)no3)ccc2cc1N1CCC(=O)NC1=O. The smallest absolute Gasteiger partial charge is 0.328 e. The van der Waals surface area contributed by atoms with Crippen molar-refractivity contribution >= 4 is 40.4 Å². The zero-order chi connectivity index (χ0) is 23.8. The zero-order valence-corrected chi connectivity index (χ0v) is 19.0. The molecule has 0 bridgehead atoms. The maximum absolute atomic E-state index is 12.2. The normalized spacial score (nSPS) is 14.4. The summed E-state index contributed by atoms with van der Waals surface area (Å²) < 4.78 is 5.18. The van der Waals surface area contributed by atoms with Crippen molar-refractivity contribution in [1.82, 2.24) is 20.8 Å². The van der Waals surface area contributed by atoms with Crippen molar-refractivity contribution in [3.8, 4) is 0 Å². The number of amides is 5. The van der Waals surface area contributed by atoms with Crippen LogP contribution in [-0.4, -0.2) is 34.7 Å². The van der Waals surface area contributed by atoms with E-state index in [1.165, 1.54) is 4.90 Å². The summed E-state index contributed by atoms with van der Waals surface area (Å²) in [6, 6.07) is 8.40. The number of aromatic nitrogens is 2. The molecule has 4 rings (SSSR count). The van der Waals surface area contributed by atoms with Crippen molar-refractivity contribution in [1.29, 1.82) is 0 Å². The summed E-state index contributed by atoms with van der Waals surface area (Å²) in [5, 5.41) is 12.6. The molecule has 10 nitrogen and oxygen atoms in total. The van der Waals surface area contributed by atoms with Gasteiger partial charge in [-0.25, -0.2) is 9.59 Å². The van der Waals surface area contributed by atoms with Gasteiger partial charge >= 0.3 is 12.1 Å². The number of carbonyl (C=O) groups excluding carboxylic acids is 3. The maximum atomic E-state index is 12.2. The fourth-order valence-electron chi connectivity index (χ4n) is 3.50. The Bertz CT molecular complexity index is 1240. The number of anilines is 2. The van der Waals surface area contributed by atoms with E-state index in [0.29, 0.717) is 24.5 Å². The van der Waals surface area contributed by atoms with Crippen molar-refractivity contribution in [3.05, 3.63) is 47.3 Å². The predicted octanol–water partition coefficient (Wildman–Crippen LogP) is 3.60. The molecule has 0 saturated carbocycles. The second kappa shape index (κ2) is 8.53. The van der Waals surface area contributed by atoms with E-state index in [0.717, 1.165) is 22.2 Å². The van der Waals surface area contributed by atoms with Crippen LogP contribution < -0.4 is 20.9 Å². The summed E-state index contributed by atoms with van der Waals surface area (Å²) in [5.41, 5.74) is 3.53. The first-order valence-electron chi connectivity index (χ1n) is 10.6. The summed E-state index contributed by atoms with van der Waals surface area (Å²) in [5.74, 6) is 0.00555. The first-order valence-corrected chi connectivity index (χ1v) is 10.6. The third kappa shape index (κ3) is 4.94. The number of benzene rings is 1. The molecule has 33 heavy (non-hydrogen) atoms. The van der Waals surface area contributed by atoms with Crippen molar-refractivity contribution in [2.75, 3.05) is 16.8 Å². The molecule has 0 atom stereocenters. The van der Waals surface area contributed by atoms with E-state index in [1.54, 1.807) is 6.07 Å². The molecule has 3 aromatic rings. The topological polar surface area (TPSA) is 129 Å². The molecule has 1 aromatic carbocycles. The van der Waals surface area contributed by atoms with E-state index in [9.17, 15) is 14.4 Å². The molecule has 2 aromatic heterocycles. The van der Waals surface area contributed by atoms with Crippen LogP contribution in [0.5, 0.6) is 0 Å². The number of imide groups is 1. The summed E-state index contributed by atoms with van der Waals surface area (Å²) in [6.45, 7) is 8.46. The lowest BCUT2D eigenvalue weighted by atomic mass is 9.92. The van der Waals surface area contributed by atoms with Crippen molar-refractivity contribution < 1.29 is 18.9 Å². The number of fused-ring (bicyclic) bond motifs is 1. The molecule has 10 heteroatoms. The fourth-order valence-corrected chi connectivity index (χ4v) is 3.50. The van der Waals surface area contributed by atoms with Crippen molar-refractivity contribution in [3.63, 3.8) is 0 Å². The maximum Gasteiger partial charge on any atom is 0.328 e. The quantitative estimate of drug-likeness (QED) is 0.557. The molecular weight excluding hydrogens is 424 g/mol. The Kier molecular flexibility index (Phi) is 5.75. The molecule has 1 saturated heterocycles. The van der Waals surface area contributed by atoms with Gasteiger partial charge < -0.3 is 9.84 Å².